The summed E-state index contributed by atoms with van der Waals surface area (Å²) in [5.74, 6) is 1.50. The summed E-state index contributed by atoms with van der Waals surface area (Å²) in [6.45, 7) is 4.28. The SMILES string of the molecule is CCCC(CCCl)CNCc1cc(Br)cs1. The van der Waals surface area contributed by atoms with Gasteiger partial charge >= 0.3 is 0 Å². The van der Waals surface area contributed by atoms with Crippen molar-refractivity contribution in [1.29, 1.82) is 0 Å². The molecule has 0 bridgehead atoms. The van der Waals surface area contributed by atoms with Gasteiger partial charge in [0.25, 0.3) is 0 Å². The van der Waals surface area contributed by atoms with Crippen LogP contribution in [0.5, 0.6) is 0 Å². The summed E-state index contributed by atoms with van der Waals surface area (Å²) in [6, 6.07) is 2.17. The predicted octanol–water partition coefficient (Wildman–Crippen LogP) is 4.65. The lowest BCUT2D eigenvalue weighted by atomic mass is 10.0. The Bertz CT molecular complexity index is 284. The lowest BCUT2D eigenvalue weighted by Crippen LogP contribution is -2.22. The molecule has 0 aliphatic rings. The van der Waals surface area contributed by atoms with Crippen molar-refractivity contribution in [1.82, 2.24) is 5.32 Å². The van der Waals surface area contributed by atoms with Crippen molar-refractivity contribution >= 4 is 38.9 Å². The molecule has 92 valence electrons. The number of alkyl halides is 1. The summed E-state index contributed by atoms with van der Waals surface area (Å²) in [5.41, 5.74) is 0. The molecule has 0 saturated carbocycles. The highest BCUT2D eigenvalue weighted by atomic mass is 79.9. The van der Waals surface area contributed by atoms with Crippen LogP contribution in [-0.4, -0.2) is 12.4 Å². The average molecular weight is 325 g/mol. The lowest BCUT2D eigenvalue weighted by molar-refractivity contribution is 0.431. The van der Waals surface area contributed by atoms with Crippen molar-refractivity contribution in [2.45, 2.75) is 32.7 Å². The molecule has 1 heterocycles. The number of nitrogens with one attached hydrogen (secondary N) is 1. The summed E-state index contributed by atoms with van der Waals surface area (Å²) in [6.07, 6.45) is 3.64. The third-order valence-electron chi connectivity index (χ3n) is 2.57. The molecular weight excluding hydrogens is 306 g/mol. The Morgan fingerprint density at radius 3 is 2.88 bits per heavy atom. The van der Waals surface area contributed by atoms with Crippen molar-refractivity contribution in [3.8, 4) is 0 Å². The highest BCUT2D eigenvalue weighted by Crippen LogP contribution is 2.19. The highest BCUT2D eigenvalue weighted by Gasteiger charge is 2.06. The van der Waals surface area contributed by atoms with E-state index in [0.717, 1.165) is 31.3 Å². The molecule has 1 aromatic heterocycles. The Labute approximate surface area is 116 Å². The zero-order chi connectivity index (χ0) is 11.8. The van der Waals surface area contributed by atoms with Crippen LogP contribution in [0.4, 0.5) is 0 Å². The van der Waals surface area contributed by atoms with Crippen LogP contribution in [0.3, 0.4) is 0 Å². The van der Waals surface area contributed by atoms with Gasteiger partial charge in [-0.3, -0.25) is 0 Å². The van der Waals surface area contributed by atoms with Crippen LogP contribution in [-0.2, 0) is 6.54 Å². The molecule has 0 aliphatic carbocycles. The van der Waals surface area contributed by atoms with Crippen molar-refractivity contribution in [3.63, 3.8) is 0 Å². The van der Waals surface area contributed by atoms with Crippen LogP contribution in [0.25, 0.3) is 0 Å². The minimum absolute atomic E-state index is 0.728. The summed E-state index contributed by atoms with van der Waals surface area (Å²) in [7, 11) is 0. The van der Waals surface area contributed by atoms with Gasteiger partial charge in [-0.1, -0.05) is 13.3 Å². The van der Waals surface area contributed by atoms with E-state index in [4.69, 9.17) is 11.6 Å². The summed E-state index contributed by atoms with van der Waals surface area (Å²) >= 11 is 11.1. The zero-order valence-electron chi connectivity index (χ0n) is 9.64. The van der Waals surface area contributed by atoms with Crippen molar-refractivity contribution in [2.24, 2.45) is 5.92 Å². The molecule has 1 N–H and O–H groups in total. The number of hydrogen-bond acceptors (Lipinski definition) is 2. The number of halogens is 2. The molecule has 0 spiro atoms. The Morgan fingerprint density at radius 2 is 2.31 bits per heavy atom. The second-order valence-corrected chi connectivity index (χ2v) is 6.28. The number of hydrogen-bond donors (Lipinski definition) is 1. The monoisotopic (exact) mass is 323 g/mol. The molecule has 0 aliphatic heterocycles. The van der Waals surface area contributed by atoms with Gasteiger partial charge in [0.2, 0.25) is 0 Å². The van der Waals surface area contributed by atoms with Crippen LogP contribution in [0.1, 0.15) is 31.1 Å². The third kappa shape index (κ3) is 5.67. The molecule has 0 fully saturated rings. The largest absolute Gasteiger partial charge is 0.312 e. The molecule has 1 rings (SSSR count). The van der Waals surface area contributed by atoms with E-state index in [1.807, 2.05) is 0 Å². The summed E-state index contributed by atoms with van der Waals surface area (Å²) < 4.78 is 1.18. The minimum Gasteiger partial charge on any atom is -0.312 e. The minimum atomic E-state index is 0.728. The van der Waals surface area contributed by atoms with Crippen molar-refractivity contribution < 1.29 is 0 Å². The highest BCUT2D eigenvalue weighted by molar-refractivity contribution is 9.10. The first-order chi connectivity index (χ1) is 7.76. The zero-order valence-corrected chi connectivity index (χ0v) is 12.8. The molecule has 1 aromatic rings. The molecular formula is C12H19BrClNS. The maximum Gasteiger partial charge on any atom is 0.0300 e. The molecule has 0 radical (unpaired) electrons. The van der Waals surface area contributed by atoms with E-state index in [2.05, 4.69) is 39.6 Å². The first-order valence-corrected chi connectivity index (χ1v) is 7.96. The molecule has 1 atom stereocenters. The van der Waals surface area contributed by atoms with E-state index >= 15 is 0 Å². The summed E-state index contributed by atoms with van der Waals surface area (Å²) in [4.78, 5) is 1.38. The quantitative estimate of drug-likeness (QED) is 0.687. The fourth-order valence-electron chi connectivity index (χ4n) is 1.76. The van der Waals surface area contributed by atoms with E-state index in [9.17, 15) is 0 Å². The fraction of sp³-hybridized carbons (Fsp3) is 0.667. The Balaban J connectivity index is 2.21. The average Bonchev–Trinajstić information content (AvgIpc) is 2.65. The second kappa shape index (κ2) is 8.51. The topological polar surface area (TPSA) is 12.0 Å². The first-order valence-electron chi connectivity index (χ1n) is 5.75. The van der Waals surface area contributed by atoms with E-state index in [1.165, 1.54) is 22.2 Å². The predicted molar refractivity (Wildman–Crippen MR) is 77.5 cm³/mol. The van der Waals surface area contributed by atoms with Gasteiger partial charge in [0, 0.05) is 27.2 Å². The first kappa shape index (κ1) is 14.5. The molecule has 1 unspecified atom stereocenters. The van der Waals surface area contributed by atoms with Crippen LogP contribution in [0.15, 0.2) is 15.9 Å². The van der Waals surface area contributed by atoms with Crippen LogP contribution >= 0.6 is 38.9 Å². The van der Waals surface area contributed by atoms with E-state index in [1.54, 1.807) is 11.3 Å². The fourth-order valence-corrected chi connectivity index (χ4v) is 3.49. The van der Waals surface area contributed by atoms with E-state index in [0.29, 0.717) is 0 Å². The van der Waals surface area contributed by atoms with Gasteiger partial charge in [0.15, 0.2) is 0 Å². The van der Waals surface area contributed by atoms with E-state index in [-0.39, 0.29) is 0 Å². The van der Waals surface area contributed by atoms with Gasteiger partial charge in [-0.05, 0) is 47.3 Å². The molecule has 16 heavy (non-hydrogen) atoms. The van der Waals surface area contributed by atoms with Crippen LogP contribution < -0.4 is 5.32 Å². The maximum atomic E-state index is 5.80. The molecule has 1 nitrogen and oxygen atoms in total. The normalized spacial score (nSPS) is 12.9. The van der Waals surface area contributed by atoms with Gasteiger partial charge < -0.3 is 5.32 Å². The van der Waals surface area contributed by atoms with Crippen molar-refractivity contribution in [2.75, 3.05) is 12.4 Å². The molecule has 0 saturated heterocycles. The van der Waals surface area contributed by atoms with Gasteiger partial charge in [0.1, 0.15) is 0 Å². The smallest absolute Gasteiger partial charge is 0.0300 e. The van der Waals surface area contributed by atoms with Gasteiger partial charge in [-0.25, -0.2) is 0 Å². The lowest BCUT2D eigenvalue weighted by Gasteiger charge is -2.15. The molecule has 0 aromatic carbocycles. The standard InChI is InChI=1S/C12H19BrClNS/c1-2-3-10(4-5-14)7-15-8-12-6-11(13)9-16-12/h6,9-10,15H,2-5,7-8H2,1H3. The summed E-state index contributed by atoms with van der Waals surface area (Å²) in [5, 5.41) is 5.64. The molecule has 4 heteroatoms. The number of thiophene rings is 1. The van der Waals surface area contributed by atoms with Crippen molar-refractivity contribution in [3.05, 3.63) is 20.8 Å². The maximum absolute atomic E-state index is 5.80. The van der Waals surface area contributed by atoms with Gasteiger partial charge in [-0.2, -0.15) is 0 Å². The number of rotatable bonds is 8. The Morgan fingerprint density at radius 1 is 1.50 bits per heavy atom. The van der Waals surface area contributed by atoms with Gasteiger partial charge in [-0.15, -0.1) is 22.9 Å². The van der Waals surface area contributed by atoms with Crippen LogP contribution in [0.2, 0.25) is 0 Å². The molecule has 0 amide bonds. The third-order valence-corrected chi connectivity index (χ3v) is 4.48. The van der Waals surface area contributed by atoms with E-state index < -0.39 is 0 Å². The second-order valence-electron chi connectivity index (χ2n) is 3.99. The van der Waals surface area contributed by atoms with Crippen LogP contribution in [0, 0.1) is 5.92 Å². The Hall–Kier alpha value is 0.430. The Kier molecular flexibility index (Phi) is 7.71. The van der Waals surface area contributed by atoms with Gasteiger partial charge in [0.05, 0.1) is 0 Å².